The number of carboxylic acid groups (broad SMARTS) is 1. The summed E-state index contributed by atoms with van der Waals surface area (Å²) in [5.41, 5.74) is 0.322. The standard InChI is InChI=1S/C12H15NO4S/c1-18-7-6-10(12(16)17)13-11(15)8-2-4-9(14)5-3-8/h2-5,10,14H,6-7H2,1H3,(H,13,15)(H,16,17)/t10-/m0/s1. The molecule has 0 aliphatic rings. The molecule has 1 rings (SSSR count). The minimum atomic E-state index is -1.05. The number of thioether (sulfide) groups is 1. The summed E-state index contributed by atoms with van der Waals surface area (Å²) >= 11 is 1.52. The van der Waals surface area contributed by atoms with Gasteiger partial charge >= 0.3 is 5.97 Å². The van der Waals surface area contributed by atoms with Crippen LogP contribution in [0.25, 0.3) is 0 Å². The van der Waals surface area contributed by atoms with Gasteiger partial charge in [0.25, 0.3) is 5.91 Å². The van der Waals surface area contributed by atoms with Crippen LogP contribution in [0.2, 0.25) is 0 Å². The SMILES string of the molecule is CSCC[C@H](NC(=O)c1ccc(O)cc1)C(=O)O. The van der Waals surface area contributed by atoms with Gasteiger partial charge in [0.15, 0.2) is 0 Å². The number of carboxylic acids is 1. The van der Waals surface area contributed by atoms with Crippen LogP contribution in [0.1, 0.15) is 16.8 Å². The number of rotatable bonds is 6. The van der Waals surface area contributed by atoms with E-state index in [-0.39, 0.29) is 5.75 Å². The average Bonchev–Trinajstić information content (AvgIpc) is 2.34. The fourth-order valence-corrected chi connectivity index (χ4v) is 1.82. The third-order valence-corrected chi connectivity index (χ3v) is 2.99. The summed E-state index contributed by atoms with van der Waals surface area (Å²) < 4.78 is 0. The minimum Gasteiger partial charge on any atom is -0.508 e. The minimum absolute atomic E-state index is 0.0590. The number of hydrogen-bond acceptors (Lipinski definition) is 4. The molecule has 1 amide bonds. The van der Waals surface area contributed by atoms with E-state index < -0.39 is 17.9 Å². The van der Waals surface area contributed by atoms with Gasteiger partial charge in [-0.3, -0.25) is 4.79 Å². The monoisotopic (exact) mass is 269 g/mol. The Labute approximate surface area is 109 Å². The van der Waals surface area contributed by atoms with Crippen molar-refractivity contribution in [2.45, 2.75) is 12.5 Å². The zero-order chi connectivity index (χ0) is 13.5. The topological polar surface area (TPSA) is 86.6 Å². The van der Waals surface area contributed by atoms with E-state index in [1.54, 1.807) is 0 Å². The van der Waals surface area contributed by atoms with Crippen LogP contribution in [0.3, 0.4) is 0 Å². The smallest absolute Gasteiger partial charge is 0.326 e. The van der Waals surface area contributed by atoms with E-state index in [9.17, 15) is 9.59 Å². The molecule has 5 nitrogen and oxygen atoms in total. The van der Waals surface area contributed by atoms with Crippen molar-refractivity contribution in [1.29, 1.82) is 0 Å². The lowest BCUT2D eigenvalue weighted by Crippen LogP contribution is -2.41. The maximum absolute atomic E-state index is 11.8. The highest BCUT2D eigenvalue weighted by Crippen LogP contribution is 2.10. The lowest BCUT2D eigenvalue weighted by molar-refractivity contribution is -0.139. The molecule has 0 unspecified atom stereocenters. The molecule has 0 spiro atoms. The third-order valence-electron chi connectivity index (χ3n) is 2.34. The molecule has 0 aromatic heterocycles. The first-order chi connectivity index (χ1) is 8.54. The van der Waals surface area contributed by atoms with Gasteiger partial charge in [0.05, 0.1) is 0 Å². The zero-order valence-electron chi connectivity index (χ0n) is 9.92. The normalized spacial score (nSPS) is 11.8. The van der Waals surface area contributed by atoms with E-state index in [2.05, 4.69) is 5.32 Å². The fraction of sp³-hybridized carbons (Fsp3) is 0.333. The van der Waals surface area contributed by atoms with E-state index >= 15 is 0 Å². The summed E-state index contributed by atoms with van der Waals surface area (Å²) in [6.45, 7) is 0. The quantitative estimate of drug-likeness (QED) is 0.725. The second-order valence-electron chi connectivity index (χ2n) is 3.69. The number of aromatic hydroxyl groups is 1. The van der Waals surface area contributed by atoms with Crippen LogP contribution in [0.5, 0.6) is 5.75 Å². The number of benzene rings is 1. The van der Waals surface area contributed by atoms with Gasteiger partial charge in [-0.05, 0) is 42.7 Å². The van der Waals surface area contributed by atoms with Gasteiger partial charge in [-0.15, -0.1) is 0 Å². The number of nitrogens with one attached hydrogen (secondary N) is 1. The second-order valence-corrected chi connectivity index (χ2v) is 4.68. The molecule has 1 aromatic rings. The predicted octanol–water partition coefficient (Wildman–Crippen LogP) is 1.33. The van der Waals surface area contributed by atoms with E-state index in [0.29, 0.717) is 17.7 Å². The zero-order valence-corrected chi connectivity index (χ0v) is 10.7. The molecule has 0 saturated carbocycles. The fourth-order valence-electron chi connectivity index (χ4n) is 1.35. The van der Waals surface area contributed by atoms with Crippen LogP contribution >= 0.6 is 11.8 Å². The Morgan fingerprint density at radius 3 is 2.44 bits per heavy atom. The first-order valence-corrected chi connectivity index (χ1v) is 6.75. The average molecular weight is 269 g/mol. The molecule has 98 valence electrons. The number of phenols is 1. The predicted molar refractivity (Wildman–Crippen MR) is 70.0 cm³/mol. The highest BCUT2D eigenvalue weighted by atomic mass is 32.2. The van der Waals surface area contributed by atoms with Crippen molar-refractivity contribution in [3.8, 4) is 5.75 Å². The molecule has 18 heavy (non-hydrogen) atoms. The van der Waals surface area contributed by atoms with Gasteiger partial charge < -0.3 is 15.5 Å². The van der Waals surface area contributed by atoms with Gasteiger partial charge in [0.1, 0.15) is 11.8 Å². The Morgan fingerprint density at radius 2 is 1.94 bits per heavy atom. The van der Waals surface area contributed by atoms with Gasteiger partial charge in [-0.2, -0.15) is 11.8 Å². The van der Waals surface area contributed by atoms with E-state index in [4.69, 9.17) is 10.2 Å². The molecule has 0 aliphatic carbocycles. The first-order valence-electron chi connectivity index (χ1n) is 5.36. The number of hydrogen-bond donors (Lipinski definition) is 3. The van der Waals surface area contributed by atoms with Crippen LogP contribution in [0.4, 0.5) is 0 Å². The summed E-state index contributed by atoms with van der Waals surface area (Å²) in [5.74, 6) is -0.782. The molecule has 3 N–H and O–H groups in total. The maximum Gasteiger partial charge on any atom is 0.326 e. The summed E-state index contributed by atoms with van der Waals surface area (Å²) in [6, 6.07) is 4.76. The molecule has 0 fully saturated rings. The molecule has 1 atom stereocenters. The molecule has 0 aliphatic heterocycles. The highest BCUT2D eigenvalue weighted by molar-refractivity contribution is 7.98. The summed E-state index contributed by atoms with van der Waals surface area (Å²) in [6.07, 6.45) is 2.25. The number of carbonyl (C=O) groups is 2. The molecule has 0 saturated heterocycles. The Kier molecular flexibility index (Phi) is 5.51. The van der Waals surface area contributed by atoms with Crippen molar-refractivity contribution in [3.05, 3.63) is 29.8 Å². The Morgan fingerprint density at radius 1 is 1.33 bits per heavy atom. The molecule has 0 heterocycles. The van der Waals surface area contributed by atoms with Crippen LogP contribution in [-0.2, 0) is 4.79 Å². The van der Waals surface area contributed by atoms with Gasteiger partial charge in [-0.25, -0.2) is 4.79 Å². The lowest BCUT2D eigenvalue weighted by atomic mass is 10.1. The maximum atomic E-state index is 11.8. The molecule has 1 aromatic carbocycles. The van der Waals surface area contributed by atoms with Crippen LogP contribution in [0, 0.1) is 0 Å². The van der Waals surface area contributed by atoms with Crippen molar-refractivity contribution in [2.75, 3.05) is 12.0 Å². The lowest BCUT2D eigenvalue weighted by Gasteiger charge is -2.13. The van der Waals surface area contributed by atoms with Crippen molar-refractivity contribution < 1.29 is 19.8 Å². The van der Waals surface area contributed by atoms with Crippen LogP contribution in [-0.4, -0.2) is 40.1 Å². The van der Waals surface area contributed by atoms with Crippen molar-refractivity contribution in [2.24, 2.45) is 0 Å². The number of aliphatic carboxylic acids is 1. The largest absolute Gasteiger partial charge is 0.508 e. The van der Waals surface area contributed by atoms with E-state index in [1.807, 2.05) is 6.26 Å². The Hall–Kier alpha value is -1.69. The first kappa shape index (κ1) is 14.4. The summed E-state index contributed by atoms with van der Waals surface area (Å²) in [7, 11) is 0. The highest BCUT2D eigenvalue weighted by Gasteiger charge is 2.19. The van der Waals surface area contributed by atoms with Crippen molar-refractivity contribution in [1.82, 2.24) is 5.32 Å². The van der Waals surface area contributed by atoms with E-state index in [1.165, 1.54) is 36.0 Å². The van der Waals surface area contributed by atoms with Crippen LogP contribution < -0.4 is 5.32 Å². The van der Waals surface area contributed by atoms with Gasteiger partial charge in [0, 0.05) is 5.56 Å². The van der Waals surface area contributed by atoms with E-state index in [0.717, 1.165) is 0 Å². The third kappa shape index (κ3) is 4.29. The number of phenolic OH excluding ortho intramolecular Hbond substituents is 1. The van der Waals surface area contributed by atoms with Gasteiger partial charge in [0.2, 0.25) is 0 Å². The number of amides is 1. The molecular formula is C12H15NO4S. The second kappa shape index (κ2) is 6.90. The van der Waals surface area contributed by atoms with Crippen LogP contribution in [0.15, 0.2) is 24.3 Å². The Balaban J connectivity index is 2.66. The summed E-state index contributed by atoms with van der Waals surface area (Å²) in [4.78, 5) is 22.7. The summed E-state index contributed by atoms with van der Waals surface area (Å²) in [5, 5.41) is 20.5. The van der Waals surface area contributed by atoms with Crippen molar-refractivity contribution in [3.63, 3.8) is 0 Å². The number of carbonyl (C=O) groups excluding carboxylic acids is 1. The Bertz CT molecular complexity index is 419. The molecule has 0 bridgehead atoms. The van der Waals surface area contributed by atoms with Gasteiger partial charge in [-0.1, -0.05) is 0 Å². The molecular weight excluding hydrogens is 254 g/mol. The molecule has 6 heteroatoms. The molecule has 0 radical (unpaired) electrons. The van der Waals surface area contributed by atoms with Crippen molar-refractivity contribution >= 4 is 23.6 Å².